The molecule has 1 aliphatic heterocycles. The van der Waals surface area contributed by atoms with Gasteiger partial charge in [0.25, 0.3) is 5.91 Å². The van der Waals surface area contributed by atoms with Crippen LogP contribution in [0.5, 0.6) is 0 Å². The Morgan fingerprint density at radius 1 is 1.15 bits per heavy atom. The van der Waals surface area contributed by atoms with Crippen LogP contribution >= 0.6 is 11.6 Å². The Bertz CT molecular complexity index is 832. The highest BCUT2D eigenvalue weighted by Crippen LogP contribution is 2.27. The monoisotopic (exact) mass is 384 g/mol. The molecule has 0 spiro atoms. The van der Waals surface area contributed by atoms with Crippen molar-refractivity contribution in [3.63, 3.8) is 0 Å². The first kappa shape index (κ1) is 19.6. The molecule has 4 nitrogen and oxygen atoms in total. The normalized spacial score (nSPS) is 15.7. The van der Waals surface area contributed by atoms with Crippen molar-refractivity contribution >= 4 is 29.2 Å². The molecule has 0 saturated carbocycles. The van der Waals surface area contributed by atoms with Gasteiger partial charge in [-0.2, -0.15) is 0 Å². The van der Waals surface area contributed by atoms with Gasteiger partial charge in [0.1, 0.15) is 5.15 Å². The number of nitrogens with zero attached hydrogens (tertiary/aromatic N) is 2. The van der Waals surface area contributed by atoms with E-state index in [0.717, 1.165) is 11.1 Å². The summed E-state index contributed by atoms with van der Waals surface area (Å²) in [5.41, 5.74) is 3.70. The van der Waals surface area contributed by atoms with Gasteiger partial charge in [-0.25, -0.2) is 4.98 Å². The smallest absolute Gasteiger partial charge is 0.254 e. The molecule has 1 aromatic carbocycles. The Labute approximate surface area is 165 Å². The average molecular weight is 385 g/mol. The Morgan fingerprint density at radius 2 is 1.81 bits per heavy atom. The number of hydrogen-bond acceptors (Lipinski definition) is 3. The van der Waals surface area contributed by atoms with Gasteiger partial charge in [0.05, 0.1) is 13.2 Å². The standard InChI is InChI=1S/C22H25ClN2O2/c1-22(2,3)18-6-4-17(5-7-18)19(14-16-8-9-24-20(23)15-16)21(26)25-10-12-27-13-11-25/h4-9,14-15H,10-13H2,1-3H3. The molecule has 3 rings (SSSR count). The van der Waals surface area contributed by atoms with Crippen molar-refractivity contribution in [2.24, 2.45) is 0 Å². The van der Waals surface area contributed by atoms with Gasteiger partial charge in [-0.15, -0.1) is 0 Å². The van der Waals surface area contributed by atoms with Crippen molar-refractivity contribution in [2.75, 3.05) is 26.3 Å². The third-order valence-corrected chi connectivity index (χ3v) is 4.86. The van der Waals surface area contributed by atoms with Crippen LogP contribution in [0.2, 0.25) is 5.15 Å². The second-order valence-electron chi connectivity index (χ2n) is 7.70. The van der Waals surface area contributed by atoms with Crippen LogP contribution in [0.3, 0.4) is 0 Å². The lowest BCUT2D eigenvalue weighted by molar-refractivity contribution is -0.128. The third-order valence-electron chi connectivity index (χ3n) is 4.65. The fraction of sp³-hybridized carbons (Fsp3) is 0.364. The zero-order chi connectivity index (χ0) is 19.4. The number of amides is 1. The van der Waals surface area contributed by atoms with E-state index >= 15 is 0 Å². The maximum absolute atomic E-state index is 13.2. The zero-order valence-corrected chi connectivity index (χ0v) is 16.8. The summed E-state index contributed by atoms with van der Waals surface area (Å²) in [7, 11) is 0. The molecule has 0 N–H and O–H groups in total. The summed E-state index contributed by atoms with van der Waals surface area (Å²) in [5.74, 6) is 0.00902. The van der Waals surface area contributed by atoms with E-state index in [1.165, 1.54) is 5.56 Å². The van der Waals surface area contributed by atoms with Gasteiger partial charge in [0.15, 0.2) is 0 Å². The minimum absolute atomic E-state index is 0.00902. The first-order valence-corrected chi connectivity index (χ1v) is 9.53. The third kappa shape index (κ3) is 4.96. The maximum Gasteiger partial charge on any atom is 0.254 e. The second kappa shape index (κ2) is 8.24. The molecule has 0 unspecified atom stereocenters. The molecule has 1 aromatic heterocycles. The van der Waals surface area contributed by atoms with Gasteiger partial charge in [-0.05, 0) is 40.3 Å². The van der Waals surface area contributed by atoms with Crippen molar-refractivity contribution in [1.82, 2.24) is 9.88 Å². The maximum atomic E-state index is 13.2. The fourth-order valence-corrected chi connectivity index (χ4v) is 3.21. The first-order chi connectivity index (χ1) is 12.8. The number of carbonyl (C=O) groups excluding carboxylic acids is 1. The minimum atomic E-state index is 0.00902. The summed E-state index contributed by atoms with van der Waals surface area (Å²) in [6.45, 7) is 8.89. The Kier molecular flexibility index (Phi) is 5.98. The molecule has 1 amide bonds. The molecule has 0 bridgehead atoms. The topological polar surface area (TPSA) is 42.4 Å². The number of halogens is 1. The zero-order valence-electron chi connectivity index (χ0n) is 16.0. The molecule has 1 saturated heterocycles. The van der Waals surface area contributed by atoms with E-state index in [-0.39, 0.29) is 11.3 Å². The molecule has 1 aliphatic rings. The number of benzene rings is 1. The molecular formula is C22H25ClN2O2. The summed E-state index contributed by atoms with van der Waals surface area (Å²) in [6.07, 6.45) is 3.53. The predicted octanol–water partition coefficient (Wildman–Crippen LogP) is 4.43. The SMILES string of the molecule is CC(C)(C)c1ccc(C(=Cc2ccnc(Cl)c2)C(=O)N2CCOCC2)cc1. The van der Waals surface area contributed by atoms with Crippen LogP contribution in [0.1, 0.15) is 37.5 Å². The van der Waals surface area contributed by atoms with Crippen LogP contribution in [0.25, 0.3) is 11.6 Å². The highest BCUT2D eigenvalue weighted by molar-refractivity contribution is 6.29. The number of ether oxygens (including phenoxy) is 1. The molecule has 5 heteroatoms. The summed E-state index contributed by atoms with van der Waals surface area (Å²) in [6, 6.07) is 11.8. The second-order valence-corrected chi connectivity index (χ2v) is 8.09. The van der Waals surface area contributed by atoms with Crippen molar-refractivity contribution in [3.05, 3.63) is 64.4 Å². The Morgan fingerprint density at radius 3 is 2.41 bits per heavy atom. The molecule has 2 aromatic rings. The van der Waals surface area contributed by atoms with Crippen LogP contribution in [0.15, 0.2) is 42.6 Å². The van der Waals surface area contributed by atoms with E-state index in [1.54, 1.807) is 12.3 Å². The van der Waals surface area contributed by atoms with E-state index < -0.39 is 0 Å². The fourth-order valence-electron chi connectivity index (χ4n) is 3.03. The number of hydrogen-bond donors (Lipinski definition) is 0. The van der Waals surface area contributed by atoms with Crippen LogP contribution in [-0.2, 0) is 14.9 Å². The Balaban J connectivity index is 2.00. The summed E-state index contributed by atoms with van der Waals surface area (Å²) < 4.78 is 5.38. The van der Waals surface area contributed by atoms with Gasteiger partial charge in [0, 0.05) is 24.9 Å². The summed E-state index contributed by atoms with van der Waals surface area (Å²) in [4.78, 5) is 19.1. The highest BCUT2D eigenvalue weighted by Gasteiger charge is 2.22. The summed E-state index contributed by atoms with van der Waals surface area (Å²) >= 11 is 6.02. The van der Waals surface area contributed by atoms with Crippen molar-refractivity contribution in [1.29, 1.82) is 0 Å². The minimum Gasteiger partial charge on any atom is -0.378 e. The Hall–Kier alpha value is -2.17. The number of pyridine rings is 1. The van der Waals surface area contributed by atoms with E-state index in [2.05, 4.69) is 37.9 Å². The number of rotatable bonds is 3. The lowest BCUT2D eigenvalue weighted by Gasteiger charge is -2.28. The number of carbonyl (C=O) groups is 1. The number of aromatic nitrogens is 1. The molecular weight excluding hydrogens is 360 g/mol. The molecule has 0 atom stereocenters. The predicted molar refractivity (Wildman–Crippen MR) is 110 cm³/mol. The van der Waals surface area contributed by atoms with Crippen molar-refractivity contribution in [2.45, 2.75) is 26.2 Å². The summed E-state index contributed by atoms with van der Waals surface area (Å²) in [5, 5.41) is 0.407. The van der Waals surface area contributed by atoms with Crippen LogP contribution in [0, 0.1) is 0 Å². The molecule has 0 radical (unpaired) electrons. The molecule has 142 valence electrons. The molecule has 1 fully saturated rings. The van der Waals surface area contributed by atoms with E-state index in [4.69, 9.17) is 16.3 Å². The van der Waals surface area contributed by atoms with Crippen LogP contribution in [-0.4, -0.2) is 42.1 Å². The van der Waals surface area contributed by atoms with Crippen molar-refractivity contribution < 1.29 is 9.53 Å². The van der Waals surface area contributed by atoms with Gasteiger partial charge < -0.3 is 9.64 Å². The molecule has 27 heavy (non-hydrogen) atoms. The molecule has 2 heterocycles. The van der Waals surface area contributed by atoms with E-state index in [1.807, 2.05) is 29.2 Å². The molecule has 0 aliphatic carbocycles. The lowest BCUT2D eigenvalue weighted by Crippen LogP contribution is -2.41. The highest BCUT2D eigenvalue weighted by atomic mass is 35.5. The van der Waals surface area contributed by atoms with Gasteiger partial charge in [0.2, 0.25) is 0 Å². The average Bonchev–Trinajstić information content (AvgIpc) is 2.66. The van der Waals surface area contributed by atoms with Gasteiger partial charge >= 0.3 is 0 Å². The first-order valence-electron chi connectivity index (χ1n) is 9.16. The van der Waals surface area contributed by atoms with E-state index in [9.17, 15) is 4.79 Å². The number of morpholine rings is 1. The van der Waals surface area contributed by atoms with E-state index in [0.29, 0.717) is 37.0 Å². The lowest BCUT2D eigenvalue weighted by atomic mass is 9.86. The largest absolute Gasteiger partial charge is 0.378 e. The van der Waals surface area contributed by atoms with Crippen molar-refractivity contribution in [3.8, 4) is 0 Å². The van der Waals surface area contributed by atoms with Crippen LogP contribution in [0.4, 0.5) is 0 Å². The van der Waals surface area contributed by atoms with Gasteiger partial charge in [-0.1, -0.05) is 56.6 Å². The quantitative estimate of drug-likeness (QED) is 0.580. The van der Waals surface area contributed by atoms with Crippen LogP contribution < -0.4 is 0 Å². The van der Waals surface area contributed by atoms with Gasteiger partial charge in [-0.3, -0.25) is 4.79 Å².